The van der Waals surface area contributed by atoms with Gasteiger partial charge in [-0.15, -0.1) is 0 Å². The summed E-state index contributed by atoms with van der Waals surface area (Å²) in [6.07, 6.45) is 6.21. The van der Waals surface area contributed by atoms with E-state index >= 15 is 0 Å². The molecule has 1 aromatic carbocycles. The first-order valence-corrected chi connectivity index (χ1v) is 8.16. The van der Waals surface area contributed by atoms with E-state index in [9.17, 15) is 9.59 Å². The van der Waals surface area contributed by atoms with Crippen molar-refractivity contribution in [2.24, 2.45) is 5.73 Å². The zero-order valence-corrected chi connectivity index (χ0v) is 13.7. The number of hydrogen-bond acceptors (Lipinski definition) is 4. The molecule has 1 aliphatic rings. The second kappa shape index (κ2) is 6.86. The third-order valence-corrected chi connectivity index (χ3v) is 4.52. The van der Waals surface area contributed by atoms with Crippen molar-refractivity contribution < 1.29 is 14.3 Å². The van der Waals surface area contributed by atoms with Crippen LogP contribution < -0.4 is 5.73 Å². The number of nitrogens with zero attached hydrogens (tertiary/aromatic N) is 2. The van der Waals surface area contributed by atoms with Crippen molar-refractivity contribution in [3.8, 4) is 0 Å². The number of esters is 1. The Labute approximate surface area is 140 Å². The highest BCUT2D eigenvalue weighted by molar-refractivity contribution is 5.93. The average molecular weight is 327 g/mol. The summed E-state index contributed by atoms with van der Waals surface area (Å²) in [5.41, 5.74) is 7.71. The molecule has 1 amide bonds. The predicted molar refractivity (Wildman–Crippen MR) is 88.5 cm³/mol. The van der Waals surface area contributed by atoms with Gasteiger partial charge in [0.15, 0.2) is 0 Å². The van der Waals surface area contributed by atoms with Gasteiger partial charge in [-0.05, 0) is 37.5 Å². The molecule has 6 nitrogen and oxygen atoms in total. The molecule has 0 unspecified atom stereocenters. The Morgan fingerprint density at radius 3 is 2.79 bits per heavy atom. The Kier molecular flexibility index (Phi) is 4.64. The topological polar surface area (TPSA) is 87.2 Å². The zero-order chi connectivity index (χ0) is 17.1. The van der Waals surface area contributed by atoms with Crippen LogP contribution in [0.25, 0.3) is 0 Å². The van der Waals surface area contributed by atoms with Crippen LogP contribution in [-0.2, 0) is 11.3 Å². The maximum Gasteiger partial charge on any atom is 0.341 e. The van der Waals surface area contributed by atoms with Crippen molar-refractivity contribution in [3.05, 3.63) is 52.8 Å². The summed E-state index contributed by atoms with van der Waals surface area (Å²) in [6.45, 7) is 1.99. The number of carbonyl (C=O) groups is 2. The van der Waals surface area contributed by atoms with Crippen LogP contribution in [0, 0.1) is 6.92 Å². The van der Waals surface area contributed by atoms with Gasteiger partial charge in [-0.2, -0.15) is 5.10 Å². The van der Waals surface area contributed by atoms with Crippen LogP contribution in [-0.4, -0.2) is 21.7 Å². The Morgan fingerprint density at radius 1 is 1.33 bits per heavy atom. The van der Waals surface area contributed by atoms with Crippen molar-refractivity contribution in [2.75, 3.05) is 0 Å². The normalized spacial score (nSPS) is 14.7. The van der Waals surface area contributed by atoms with E-state index in [4.69, 9.17) is 10.5 Å². The Balaban J connectivity index is 1.67. The number of rotatable bonds is 5. The molecule has 0 aliphatic heterocycles. The minimum absolute atomic E-state index is 0.0913. The summed E-state index contributed by atoms with van der Waals surface area (Å²) in [7, 11) is 0. The van der Waals surface area contributed by atoms with E-state index in [-0.39, 0.29) is 6.61 Å². The maximum atomic E-state index is 12.3. The molecular formula is C18H21N3O3. The molecule has 2 aromatic rings. The number of nitrogens with two attached hydrogens (primary N) is 1. The Bertz CT molecular complexity index is 761. The second-order valence-corrected chi connectivity index (χ2v) is 6.17. The number of primary amides is 1. The minimum Gasteiger partial charge on any atom is -0.457 e. The van der Waals surface area contributed by atoms with Crippen LogP contribution in [0.5, 0.6) is 0 Å². The number of hydrogen-bond donors (Lipinski definition) is 1. The Morgan fingerprint density at radius 2 is 2.08 bits per heavy atom. The van der Waals surface area contributed by atoms with Crippen LogP contribution in [0.15, 0.2) is 30.5 Å². The molecule has 1 heterocycles. The molecule has 6 heteroatoms. The lowest BCUT2D eigenvalue weighted by Gasteiger charge is -2.12. The van der Waals surface area contributed by atoms with E-state index in [0.29, 0.717) is 17.2 Å². The molecule has 126 valence electrons. The number of amides is 1. The van der Waals surface area contributed by atoms with Gasteiger partial charge >= 0.3 is 5.97 Å². The third kappa shape index (κ3) is 3.32. The zero-order valence-electron chi connectivity index (χ0n) is 13.7. The summed E-state index contributed by atoms with van der Waals surface area (Å²) < 4.78 is 7.30. The number of ether oxygens (including phenoxy) is 1. The standard InChI is InChI=1S/C18H21N3O3/c1-12-16(10-20-21(12)15-7-2-3-8-15)18(23)24-11-13-5-4-6-14(9-13)17(19)22/h4-6,9-10,15H,2-3,7-8,11H2,1H3,(H2,19,22). The van der Waals surface area contributed by atoms with Gasteiger partial charge in [0.05, 0.1) is 17.9 Å². The number of carbonyl (C=O) groups excluding carboxylic acids is 2. The maximum absolute atomic E-state index is 12.3. The van der Waals surface area contributed by atoms with Crippen molar-refractivity contribution in [2.45, 2.75) is 45.3 Å². The molecule has 0 radical (unpaired) electrons. The molecule has 0 atom stereocenters. The van der Waals surface area contributed by atoms with Crippen molar-refractivity contribution in [1.29, 1.82) is 0 Å². The quantitative estimate of drug-likeness (QED) is 0.855. The van der Waals surface area contributed by atoms with E-state index in [0.717, 1.165) is 24.1 Å². The highest BCUT2D eigenvalue weighted by atomic mass is 16.5. The SMILES string of the molecule is Cc1c(C(=O)OCc2cccc(C(N)=O)c2)cnn1C1CCCC1. The van der Waals surface area contributed by atoms with Gasteiger partial charge in [-0.1, -0.05) is 25.0 Å². The third-order valence-electron chi connectivity index (χ3n) is 4.52. The lowest BCUT2D eigenvalue weighted by Crippen LogP contribution is -2.12. The lowest BCUT2D eigenvalue weighted by atomic mass is 10.1. The first kappa shape index (κ1) is 16.2. The van der Waals surface area contributed by atoms with Gasteiger partial charge in [0.25, 0.3) is 0 Å². The molecule has 1 fully saturated rings. The molecule has 24 heavy (non-hydrogen) atoms. The molecule has 1 aromatic heterocycles. The van der Waals surface area contributed by atoms with E-state index in [1.54, 1.807) is 30.5 Å². The van der Waals surface area contributed by atoms with Gasteiger partial charge in [0, 0.05) is 5.56 Å². The fourth-order valence-electron chi connectivity index (χ4n) is 3.18. The largest absolute Gasteiger partial charge is 0.457 e. The van der Waals surface area contributed by atoms with Crippen molar-refractivity contribution in [1.82, 2.24) is 9.78 Å². The first-order chi connectivity index (χ1) is 11.6. The van der Waals surface area contributed by atoms with Gasteiger partial charge in [0.1, 0.15) is 12.2 Å². The van der Waals surface area contributed by atoms with Crippen molar-refractivity contribution >= 4 is 11.9 Å². The average Bonchev–Trinajstić information content (AvgIpc) is 3.22. The molecule has 1 saturated carbocycles. The molecule has 1 aliphatic carbocycles. The van der Waals surface area contributed by atoms with Crippen LogP contribution in [0.4, 0.5) is 0 Å². The van der Waals surface area contributed by atoms with Crippen LogP contribution in [0.3, 0.4) is 0 Å². The fourth-order valence-corrected chi connectivity index (χ4v) is 3.18. The van der Waals surface area contributed by atoms with E-state index < -0.39 is 11.9 Å². The summed E-state index contributed by atoms with van der Waals surface area (Å²) in [4.78, 5) is 23.5. The molecule has 0 bridgehead atoms. The molecule has 2 N–H and O–H groups in total. The fraction of sp³-hybridized carbons (Fsp3) is 0.389. The summed E-state index contributed by atoms with van der Waals surface area (Å²) in [6, 6.07) is 7.15. The van der Waals surface area contributed by atoms with Crippen LogP contribution in [0.1, 0.15) is 63.7 Å². The summed E-state index contributed by atoms with van der Waals surface area (Å²) in [5.74, 6) is -0.905. The van der Waals surface area contributed by atoms with E-state index in [1.165, 1.54) is 12.8 Å². The Hall–Kier alpha value is -2.63. The predicted octanol–water partition coefficient (Wildman–Crippen LogP) is 2.76. The first-order valence-electron chi connectivity index (χ1n) is 8.16. The smallest absolute Gasteiger partial charge is 0.341 e. The van der Waals surface area contributed by atoms with Gasteiger partial charge in [0.2, 0.25) is 5.91 Å². The van der Waals surface area contributed by atoms with Gasteiger partial charge < -0.3 is 10.5 Å². The van der Waals surface area contributed by atoms with E-state index in [1.807, 2.05) is 11.6 Å². The second-order valence-electron chi connectivity index (χ2n) is 6.17. The number of aromatic nitrogens is 2. The van der Waals surface area contributed by atoms with Crippen LogP contribution in [0.2, 0.25) is 0 Å². The number of benzene rings is 1. The summed E-state index contributed by atoms with van der Waals surface area (Å²) in [5, 5.41) is 4.37. The van der Waals surface area contributed by atoms with Crippen molar-refractivity contribution in [3.63, 3.8) is 0 Å². The monoisotopic (exact) mass is 327 g/mol. The molecular weight excluding hydrogens is 306 g/mol. The highest BCUT2D eigenvalue weighted by Gasteiger charge is 2.23. The minimum atomic E-state index is -0.503. The van der Waals surface area contributed by atoms with Gasteiger partial charge in [-0.3, -0.25) is 9.48 Å². The highest BCUT2D eigenvalue weighted by Crippen LogP contribution is 2.30. The molecule has 0 saturated heterocycles. The lowest BCUT2D eigenvalue weighted by molar-refractivity contribution is 0.0471. The van der Waals surface area contributed by atoms with Crippen LogP contribution >= 0.6 is 0 Å². The van der Waals surface area contributed by atoms with E-state index in [2.05, 4.69) is 5.10 Å². The molecule has 3 rings (SSSR count). The van der Waals surface area contributed by atoms with Gasteiger partial charge in [-0.25, -0.2) is 4.79 Å². The summed E-state index contributed by atoms with van der Waals surface area (Å²) >= 11 is 0. The molecule has 0 spiro atoms.